The van der Waals surface area contributed by atoms with E-state index in [0.29, 0.717) is 19.0 Å². The molecule has 11 nitrogen and oxygen atoms in total. The number of nitrogens with zero attached hydrogens (tertiary/aromatic N) is 7. The van der Waals surface area contributed by atoms with E-state index in [2.05, 4.69) is 44.8 Å². The van der Waals surface area contributed by atoms with E-state index in [0.717, 1.165) is 68.0 Å². The summed E-state index contributed by atoms with van der Waals surface area (Å²) in [5, 5.41) is 18.4. The summed E-state index contributed by atoms with van der Waals surface area (Å²) in [5.74, 6) is 2.37. The Morgan fingerprint density at radius 1 is 1.05 bits per heavy atom. The molecule has 1 unspecified atom stereocenters. The van der Waals surface area contributed by atoms with Gasteiger partial charge in [-0.1, -0.05) is 30.3 Å². The van der Waals surface area contributed by atoms with Gasteiger partial charge in [-0.25, -0.2) is 9.94 Å². The normalized spacial score (nSPS) is 22.5. The van der Waals surface area contributed by atoms with Gasteiger partial charge in [-0.15, -0.1) is 5.10 Å². The molecule has 4 aliphatic rings. The minimum absolute atomic E-state index is 0.140. The molecule has 3 aliphatic heterocycles. The van der Waals surface area contributed by atoms with E-state index in [1.807, 2.05) is 57.2 Å². The highest BCUT2D eigenvalue weighted by molar-refractivity contribution is 5.78. The first kappa shape index (κ1) is 27.5. The van der Waals surface area contributed by atoms with Gasteiger partial charge >= 0.3 is 0 Å². The number of amides is 1. The highest BCUT2D eigenvalue weighted by Crippen LogP contribution is 2.39. The van der Waals surface area contributed by atoms with Crippen molar-refractivity contribution in [2.24, 2.45) is 11.8 Å². The van der Waals surface area contributed by atoms with Gasteiger partial charge in [0.05, 0.1) is 24.5 Å². The quantitative estimate of drug-likeness (QED) is 0.418. The van der Waals surface area contributed by atoms with Crippen LogP contribution in [0.1, 0.15) is 24.8 Å². The summed E-state index contributed by atoms with van der Waals surface area (Å²) in [7, 11) is 2.09. The molecule has 2 saturated heterocycles. The zero-order valence-corrected chi connectivity index (χ0v) is 23.8. The predicted molar refractivity (Wildman–Crippen MR) is 159 cm³/mol. The molecule has 2 bridgehead atoms. The standard InChI is InChI=1S/C23H33N9O.C7H8O/c1-28-7-9-29(10-8-28)21(33)16-31-15-19(12-24-31)25-23-26-22-20(3-2-6-32(22)27-23)30-13-17-4-5-18(11-17)14-30;8-6-7-4-2-1-3-5-7/h2-3,6,15,17-18,24H,4-5,7-14,16H2,1H3,(H,25,27);1-5,8H,6H2/t17-,18?;/m0./s1. The van der Waals surface area contributed by atoms with Gasteiger partial charge in [0, 0.05) is 51.7 Å². The number of piperidine rings is 1. The highest BCUT2D eigenvalue weighted by atomic mass is 16.3. The van der Waals surface area contributed by atoms with Crippen LogP contribution in [0.5, 0.6) is 0 Å². The summed E-state index contributed by atoms with van der Waals surface area (Å²) >= 11 is 0. The van der Waals surface area contributed by atoms with E-state index < -0.39 is 0 Å². The Morgan fingerprint density at radius 3 is 2.51 bits per heavy atom. The number of hydrogen-bond acceptors (Lipinski definition) is 9. The maximum atomic E-state index is 12.6. The van der Waals surface area contributed by atoms with Gasteiger partial charge in [0.1, 0.15) is 6.54 Å². The Kier molecular flexibility index (Phi) is 8.36. The van der Waals surface area contributed by atoms with Crippen LogP contribution in [0.15, 0.2) is 60.6 Å². The van der Waals surface area contributed by atoms with E-state index in [4.69, 9.17) is 10.1 Å². The van der Waals surface area contributed by atoms with Gasteiger partial charge in [0.25, 0.3) is 0 Å². The summed E-state index contributed by atoms with van der Waals surface area (Å²) in [5.41, 5.74) is 7.26. The number of aliphatic hydroxyl groups excluding tert-OH is 1. The summed E-state index contributed by atoms with van der Waals surface area (Å²) in [4.78, 5) is 24.1. The second-order valence-corrected chi connectivity index (χ2v) is 11.6. The SMILES string of the molecule is CN1CCN(C(=O)CN2C=C(Nc3nc4c(N5CC6CC[C@@H](C6)C5)cccn4n3)CN2)CC1.OCc1ccccc1. The molecule has 0 radical (unpaired) electrons. The monoisotopic (exact) mass is 559 g/mol. The lowest BCUT2D eigenvalue weighted by atomic mass is 9.98. The van der Waals surface area contributed by atoms with Gasteiger partial charge in [0.15, 0.2) is 5.65 Å². The Bertz CT molecular complexity index is 1340. The van der Waals surface area contributed by atoms with Crippen molar-refractivity contribution in [3.63, 3.8) is 0 Å². The molecular weight excluding hydrogens is 518 g/mol. The molecule has 0 spiro atoms. The van der Waals surface area contributed by atoms with Crippen molar-refractivity contribution >= 4 is 23.2 Å². The Hall–Kier alpha value is -3.67. The van der Waals surface area contributed by atoms with Crippen LogP contribution in [0.4, 0.5) is 11.6 Å². The van der Waals surface area contributed by atoms with Crippen molar-refractivity contribution in [3.8, 4) is 0 Å². The van der Waals surface area contributed by atoms with Crippen molar-refractivity contribution in [1.29, 1.82) is 0 Å². The lowest BCUT2D eigenvalue weighted by molar-refractivity contribution is -0.133. The second-order valence-electron chi connectivity index (χ2n) is 11.6. The number of hydrazine groups is 1. The first-order valence-electron chi connectivity index (χ1n) is 14.7. The van der Waals surface area contributed by atoms with E-state index in [1.165, 1.54) is 24.9 Å². The fraction of sp³-hybridized carbons (Fsp3) is 0.500. The number of hydrogen-bond donors (Lipinski definition) is 3. The lowest BCUT2D eigenvalue weighted by Crippen LogP contribution is -2.50. The summed E-state index contributed by atoms with van der Waals surface area (Å²) in [6.07, 6.45) is 8.01. The van der Waals surface area contributed by atoms with E-state index in [1.54, 1.807) is 0 Å². The number of aromatic nitrogens is 3. The molecule has 3 aromatic rings. The van der Waals surface area contributed by atoms with Crippen LogP contribution < -0.4 is 15.6 Å². The third kappa shape index (κ3) is 6.64. The van der Waals surface area contributed by atoms with Gasteiger partial charge in [-0.3, -0.25) is 4.79 Å². The van der Waals surface area contributed by atoms with Crippen LogP contribution >= 0.6 is 0 Å². The van der Waals surface area contributed by atoms with Gasteiger partial charge < -0.3 is 30.1 Å². The molecule has 1 saturated carbocycles. The number of benzene rings is 1. The molecule has 218 valence electrons. The molecule has 1 aliphatic carbocycles. The van der Waals surface area contributed by atoms with Crippen molar-refractivity contribution in [2.45, 2.75) is 25.9 Å². The number of piperazine rings is 1. The summed E-state index contributed by atoms with van der Waals surface area (Å²) < 4.78 is 1.87. The maximum Gasteiger partial charge on any atom is 0.247 e. The van der Waals surface area contributed by atoms with Gasteiger partial charge in [-0.2, -0.15) is 4.98 Å². The molecule has 2 aromatic heterocycles. The zero-order chi connectivity index (χ0) is 28.2. The number of nitrogens with one attached hydrogen (secondary N) is 2. The number of pyridine rings is 1. The summed E-state index contributed by atoms with van der Waals surface area (Å²) in [6.45, 7) is 6.79. The van der Waals surface area contributed by atoms with Crippen LogP contribution in [0.2, 0.25) is 0 Å². The summed E-state index contributed by atoms with van der Waals surface area (Å²) in [6, 6.07) is 13.7. The number of carbonyl (C=O) groups is 1. The minimum Gasteiger partial charge on any atom is -0.392 e. The molecule has 11 heteroatoms. The van der Waals surface area contributed by atoms with Crippen LogP contribution in [-0.2, 0) is 11.4 Å². The molecule has 7 rings (SSSR count). The minimum atomic E-state index is 0.140. The number of carbonyl (C=O) groups excluding carboxylic acids is 1. The topological polar surface area (TPSA) is 105 Å². The molecule has 2 atom stereocenters. The van der Waals surface area contributed by atoms with Crippen molar-refractivity contribution < 1.29 is 9.90 Å². The molecule has 5 heterocycles. The smallest absolute Gasteiger partial charge is 0.247 e. The second kappa shape index (κ2) is 12.5. The molecule has 1 aromatic carbocycles. The van der Waals surface area contributed by atoms with Crippen molar-refractivity contribution in [1.82, 2.24) is 34.8 Å². The lowest BCUT2D eigenvalue weighted by Gasteiger charge is -2.33. The van der Waals surface area contributed by atoms with Crippen LogP contribution in [0.3, 0.4) is 0 Å². The maximum absolute atomic E-state index is 12.6. The van der Waals surface area contributed by atoms with Gasteiger partial charge in [-0.05, 0) is 55.8 Å². The first-order chi connectivity index (χ1) is 20.0. The molecule has 3 fully saturated rings. The molecule has 41 heavy (non-hydrogen) atoms. The number of anilines is 2. The van der Waals surface area contributed by atoms with Crippen LogP contribution in [0, 0.1) is 11.8 Å². The average Bonchev–Trinajstić information content (AvgIpc) is 3.71. The number of aliphatic hydroxyl groups is 1. The average molecular weight is 560 g/mol. The molecular formula is C30H41N9O2. The zero-order valence-electron chi connectivity index (χ0n) is 23.8. The van der Waals surface area contributed by atoms with Crippen LogP contribution in [-0.4, -0.2) is 99.8 Å². The van der Waals surface area contributed by atoms with E-state index in [9.17, 15) is 4.79 Å². The van der Waals surface area contributed by atoms with Gasteiger partial charge in [0.2, 0.25) is 11.9 Å². The third-order valence-corrected chi connectivity index (χ3v) is 8.53. The van der Waals surface area contributed by atoms with Crippen LogP contribution in [0.25, 0.3) is 5.65 Å². The van der Waals surface area contributed by atoms with E-state index in [-0.39, 0.29) is 12.5 Å². The Morgan fingerprint density at radius 2 is 1.80 bits per heavy atom. The van der Waals surface area contributed by atoms with Crippen molar-refractivity contribution in [2.75, 3.05) is 69.6 Å². The molecule has 1 amide bonds. The first-order valence-corrected chi connectivity index (χ1v) is 14.7. The largest absolute Gasteiger partial charge is 0.392 e. The van der Waals surface area contributed by atoms with E-state index >= 15 is 0 Å². The number of rotatable bonds is 6. The predicted octanol–water partition coefficient (Wildman–Crippen LogP) is 1.99. The number of likely N-dealkylation sites (N-methyl/N-ethyl adjacent to an activating group) is 1. The Labute approximate surface area is 241 Å². The molecule has 3 N–H and O–H groups in total. The number of fused-ring (bicyclic) bond motifs is 3. The fourth-order valence-corrected chi connectivity index (χ4v) is 6.27. The Balaban J connectivity index is 0.000000328. The highest BCUT2D eigenvalue weighted by Gasteiger charge is 2.34. The fourth-order valence-electron chi connectivity index (χ4n) is 6.27. The third-order valence-electron chi connectivity index (χ3n) is 8.53. The van der Waals surface area contributed by atoms with Crippen molar-refractivity contribution in [3.05, 3.63) is 66.1 Å².